The number of benzene rings is 2. The Morgan fingerprint density at radius 1 is 1.16 bits per heavy atom. The van der Waals surface area contributed by atoms with Crippen molar-refractivity contribution in [3.63, 3.8) is 0 Å². The molecule has 2 aromatic rings. The summed E-state index contributed by atoms with van der Waals surface area (Å²) in [5.41, 5.74) is -0.742. The molecule has 0 atom stereocenters. The maximum absolute atomic E-state index is 13.4. The fraction of sp³-hybridized carbons (Fsp3) is 0. The first-order valence-corrected chi connectivity index (χ1v) is 5.80. The first kappa shape index (κ1) is 13.6. The summed E-state index contributed by atoms with van der Waals surface area (Å²) in [6.07, 6.45) is 0. The fourth-order valence-electron chi connectivity index (χ4n) is 1.43. The lowest BCUT2D eigenvalue weighted by atomic mass is 10.3. The molecular formula is C12H6Cl2FNO3. The number of para-hydroxylation sites is 1. The van der Waals surface area contributed by atoms with Gasteiger partial charge in [0, 0.05) is 5.02 Å². The summed E-state index contributed by atoms with van der Waals surface area (Å²) in [5.74, 6) is -1.05. The van der Waals surface area contributed by atoms with Crippen LogP contribution in [0.15, 0.2) is 36.4 Å². The molecular weight excluding hydrogens is 296 g/mol. The van der Waals surface area contributed by atoms with Crippen LogP contribution in [0.3, 0.4) is 0 Å². The number of nitro benzene ring substituents is 1. The Morgan fingerprint density at radius 2 is 1.89 bits per heavy atom. The molecule has 2 aromatic carbocycles. The zero-order chi connectivity index (χ0) is 14.0. The molecule has 0 heterocycles. The molecule has 4 nitrogen and oxygen atoms in total. The van der Waals surface area contributed by atoms with Crippen LogP contribution >= 0.6 is 23.2 Å². The summed E-state index contributed by atoms with van der Waals surface area (Å²) in [6, 6.07) is 7.94. The van der Waals surface area contributed by atoms with Crippen LogP contribution in [0.2, 0.25) is 10.0 Å². The summed E-state index contributed by atoms with van der Waals surface area (Å²) < 4.78 is 18.7. The molecule has 7 heteroatoms. The number of nitro groups is 1. The van der Waals surface area contributed by atoms with E-state index >= 15 is 0 Å². The predicted molar refractivity (Wildman–Crippen MR) is 69.6 cm³/mol. The molecule has 98 valence electrons. The number of hydrogen-bond acceptors (Lipinski definition) is 3. The van der Waals surface area contributed by atoms with E-state index in [9.17, 15) is 14.5 Å². The molecule has 19 heavy (non-hydrogen) atoms. The average molecular weight is 302 g/mol. The third-order valence-electron chi connectivity index (χ3n) is 2.25. The first-order valence-electron chi connectivity index (χ1n) is 5.05. The largest absolute Gasteiger partial charge is 0.448 e. The monoisotopic (exact) mass is 301 g/mol. The minimum atomic E-state index is -0.979. The second-order valence-electron chi connectivity index (χ2n) is 3.52. The number of hydrogen-bond donors (Lipinski definition) is 0. The highest BCUT2D eigenvalue weighted by Crippen LogP contribution is 2.37. The van der Waals surface area contributed by atoms with E-state index in [0.29, 0.717) is 5.02 Å². The van der Waals surface area contributed by atoms with Gasteiger partial charge < -0.3 is 4.74 Å². The van der Waals surface area contributed by atoms with Crippen molar-refractivity contribution in [2.45, 2.75) is 0 Å². The molecule has 0 radical (unpaired) electrons. The van der Waals surface area contributed by atoms with Crippen molar-refractivity contribution in [3.05, 3.63) is 62.4 Å². The second-order valence-corrected chi connectivity index (χ2v) is 4.36. The summed E-state index contributed by atoms with van der Waals surface area (Å²) >= 11 is 11.6. The Labute approximate surface area is 117 Å². The van der Waals surface area contributed by atoms with E-state index in [1.807, 2.05) is 0 Å². The summed E-state index contributed by atoms with van der Waals surface area (Å²) in [6.45, 7) is 0. The van der Waals surface area contributed by atoms with E-state index in [4.69, 9.17) is 27.9 Å². The number of nitrogens with zero attached hydrogens (tertiary/aromatic N) is 1. The van der Waals surface area contributed by atoms with Crippen molar-refractivity contribution >= 4 is 28.9 Å². The van der Waals surface area contributed by atoms with Crippen LogP contribution < -0.4 is 4.74 Å². The topological polar surface area (TPSA) is 52.4 Å². The molecule has 0 spiro atoms. The van der Waals surface area contributed by atoms with Crippen LogP contribution in [0, 0.1) is 15.9 Å². The number of ether oxygens (including phenoxy) is 1. The van der Waals surface area contributed by atoms with Crippen molar-refractivity contribution in [2.75, 3.05) is 0 Å². The number of rotatable bonds is 3. The van der Waals surface area contributed by atoms with E-state index in [0.717, 1.165) is 6.07 Å². The SMILES string of the molecule is O=[N+]([O-])c1c(F)cccc1Oc1ccc(Cl)cc1Cl. The molecule has 0 saturated heterocycles. The molecule has 0 fully saturated rings. The highest BCUT2D eigenvalue weighted by atomic mass is 35.5. The highest BCUT2D eigenvalue weighted by Gasteiger charge is 2.22. The fourth-order valence-corrected chi connectivity index (χ4v) is 1.88. The summed E-state index contributed by atoms with van der Waals surface area (Å²) in [4.78, 5) is 9.95. The normalized spacial score (nSPS) is 10.3. The molecule has 2 rings (SSSR count). The second kappa shape index (κ2) is 5.42. The van der Waals surface area contributed by atoms with Gasteiger partial charge >= 0.3 is 5.69 Å². The van der Waals surface area contributed by atoms with Crippen LogP contribution in [0.5, 0.6) is 11.5 Å². The third kappa shape index (κ3) is 2.94. The standard InChI is InChI=1S/C12H6Cl2FNO3/c13-7-4-5-10(8(14)6-7)19-11-3-1-2-9(15)12(11)16(17)18/h1-6H. The molecule has 0 bridgehead atoms. The minimum Gasteiger partial charge on any atom is -0.448 e. The molecule has 0 amide bonds. The van der Waals surface area contributed by atoms with Gasteiger partial charge in [-0.25, -0.2) is 0 Å². The van der Waals surface area contributed by atoms with Gasteiger partial charge in [0.15, 0.2) is 0 Å². The lowest BCUT2D eigenvalue weighted by Gasteiger charge is -2.08. The molecule has 0 N–H and O–H groups in total. The van der Waals surface area contributed by atoms with Gasteiger partial charge in [-0.15, -0.1) is 0 Å². The average Bonchev–Trinajstić information content (AvgIpc) is 2.32. The Morgan fingerprint density at radius 3 is 2.53 bits per heavy atom. The smallest absolute Gasteiger partial charge is 0.346 e. The maximum Gasteiger partial charge on any atom is 0.346 e. The Kier molecular flexibility index (Phi) is 3.87. The van der Waals surface area contributed by atoms with Crippen LogP contribution in [-0.2, 0) is 0 Å². The van der Waals surface area contributed by atoms with E-state index < -0.39 is 16.4 Å². The summed E-state index contributed by atoms with van der Waals surface area (Å²) in [5, 5.41) is 11.4. The molecule has 0 aromatic heterocycles. The van der Waals surface area contributed by atoms with Crippen LogP contribution in [-0.4, -0.2) is 4.92 Å². The molecule has 0 aliphatic rings. The molecule has 0 aliphatic heterocycles. The van der Waals surface area contributed by atoms with Gasteiger partial charge in [-0.05, 0) is 30.3 Å². The van der Waals surface area contributed by atoms with Crippen molar-refractivity contribution in [2.24, 2.45) is 0 Å². The van der Waals surface area contributed by atoms with Gasteiger partial charge in [0.25, 0.3) is 0 Å². The molecule has 0 unspecified atom stereocenters. The van der Waals surface area contributed by atoms with Gasteiger partial charge in [0.2, 0.25) is 11.6 Å². The van der Waals surface area contributed by atoms with Crippen molar-refractivity contribution < 1.29 is 14.1 Å². The zero-order valence-corrected chi connectivity index (χ0v) is 10.8. The minimum absolute atomic E-state index is 0.153. The van der Waals surface area contributed by atoms with Gasteiger partial charge in [0.05, 0.1) is 9.95 Å². The third-order valence-corrected chi connectivity index (χ3v) is 2.78. The van der Waals surface area contributed by atoms with Crippen molar-refractivity contribution in [3.8, 4) is 11.5 Å². The summed E-state index contributed by atoms with van der Waals surface area (Å²) in [7, 11) is 0. The lowest BCUT2D eigenvalue weighted by Crippen LogP contribution is -1.96. The van der Waals surface area contributed by atoms with E-state index in [-0.39, 0.29) is 16.5 Å². The molecule has 0 saturated carbocycles. The van der Waals surface area contributed by atoms with E-state index in [1.54, 1.807) is 0 Å². The van der Waals surface area contributed by atoms with Crippen LogP contribution in [0.4, 0.5) is 10.1 Å². The van der Waals surface area contributed by atoms with Gasteiger partial charge in [0.1, 0.15) is 5.75 Å². The lowest BCUT2D eigenvalue weighted by molar-refractivity contribution is -0.388. The quantitative estimate of drug-likeness (QED) is 0.602. The van der Waals surface area contributed by atoms with Gasteiger partial charge in [-0.2, -0.15) is 4.39 Å². The zero-order valence-electron chi connectivity index (χ0n) is 9.27. The van der Waals surface area contributed by atoms with Crippen LogP contribution in [0.25, 0.3) is 0 Å². The van der Waals surface area contributed by atoms with Gasteiger partial charge in [-0.3, -0.25) is 10.1 Å². The molecule has 0 aliphatic carbocycles. The first-order chi connectivity index (χ1) is 8.99. The Balaban J connectivity index is 2.44. The van der Waals surface area contributed by atoms with Crippen molar-refractivity contribution in [1.29, 1.82) is 0 Å². The number of halogens is 3. The predicted octanol–water partition coefficient (Wildman–Crippen LogP) is 4.83. The van der Waals surface area contributed by atoms with Gasteiger partial charge in [-0.1, -0.05) is 29.3 Å². The van der Waals surface area contributed by atoms with Crippen LogP contribution in [0.1, 0.15) is 0 Å². The van der Waals surface area contributed by atoms with E-state index in [1.165, 1.54) is 30.3 Å². The maximum atomic E-state index is 13.4. The highest BCUT2D eigenvalue weighted by molar-refractivity contribution is 6.35. The van der Waals surface area contributed by atoms with Crippen molar-refractivity contribution in [1.82, 2.24) is 0 Å². The van der Waals surface area contributed by atoms with E-state index in [2.05, 4.69) is 0 Å². The Bertz CT molecular complexity index is 649. The Hall–Kier alpha value is -1.85.